The van der Waals surface area contributed by atoms with Gasteiger partial charge in [0.15, 0.2) is 0 Å². The van der Waals surface area contributed by atoms with Gasteiger partial charge in [-0.15, -0.1) is 0 Å². The molecular weight excluding hydrogens is 273 g/mol. The number of hydrogen-bond acceptors (Lipinski definition) is 1. The highest BCUT2D eigenvalue weighted by molar-refractivity contribution is 14.1. The number of aromatic nitrogens is 1. The minimum atomic E-state index is 1.09. The topological polar surface area (TPSA) is 12.9 Å². The molecule has 0 atom stereocenters. The van der Waals surface area contributed by atoms with Gasteiger partial charge >= 0.3 is 0 Å². The van der Waals surface area contributed by atoms with Crippen LogP contribution in [0, 0.1) is 3.57 Å². The van der Waals surface area contributed by atoms with E-state index in [4.69, 9.17) is 0 Å². The fourth-order valence-corrected chi connectivity index (χ4v) is 2.02. The Labute approximate surface area is 91.3 Å². The molecule has 1 aromatic heterocycles. The van der Waals surface area contributed by atoms with Gasteiger partial charge in [-0.2, -0.15) is 0 Å². The summed E-state index contributed by atoms with van der Waals surface area (Å²) in [5, 5.41) is 2.54. The lowest BCUT2D eigenvalue weighted by Crippen LogP contribution is -1.84. The van der Waals surface area contributed by atoms with Crippen molar-refractivity contribution in [2.75, 3.05) is 0 Å². The van der Waals surface area contributed by atoms with Crippen molar-refractivity contribution in [2.45, 2.75) is 13.3 Å². The maximum Gasteiger partial charge on any atom is 0.0408 e. The van der Waals surface area contributed by atoms with E-state index in [-0.39, 0.29) is 0 Å². The number of rotatable bonds is 1. The summed E-state index contributed by atoms with van der Waals surface area (Å²) in [6.07, 6.45) is 4.91. The normalized spacial score (nSPS) is 10.6. The van der Waals surface area contributed by atoms with Gasteiger partial charge in [-0.05, 0) is 46.0 Å². The van der Waals surface area contributed by atoms with E-state index in [1.807, 2.05) is 12.4 Å². The minimum Gasteiger partial charge on any atom is -0.263 e. The van der Waals surface area contributed by atoms with E-state index in [0.717, 1.165) is 6.42 Å². The van der Waals surface area contributed by atoms with Crippen molar-refractivity contribution in [1.82, 2.24) is 4.98 Å². The summed E-state index contributed by atoms with van der Waals surface area (Å²) in [5.74, 6) is 0. The fourth-order valence-electron chi connectivity index (χ4n) is 1.40. The van der Waals surface area contributed by atoms with Crippen LogP contribution in [-0.4, -0.2) is 4.98 Å². The second-order valence-corrected chi connectivity index (χ2v) is 4.19. The molecule has 0 bridgehead atoms. The summed E-state index contributed by atoms with van der Waals surface area (Å²) in [7, 11) is 0. The summed E-state index contributed by atoms with van der Waals surface area (Å²) >= 11 is 2.33. The Balaban J connectivity index is 2.74. The quantitative estimate of drug-likeness (QED) is 0.731. The lowest BCUT2D eigenvalue weighted by molar-refractivity contribution is 1.14. The molecule has 0 spiro atoms. The molecule has 1 heterocycles. The van der Waals surface area contributed by atoms with Crippen LogP contribution in [0.25, 0.3) is 10.8 Å². The van der Waals surface area contributed by atoms with Gasteiger partial charge in [0, 0.05) is 21.4 Å². The highest BCUT2D eigenvalue weighted by atomic mass is 127. The molecule has 1 nitrogen and oxygen atoms in total. The first-order valence-electron chi connectivity index (χ1n) is 4.33. The van der Waals surface area contributed by atoms with E-state index in [9.17, 15) is 0 Å². The average molecular weight is 283 g/mol. The van der Waals surface area contributed by atoms with Crippen molar-refractivity contribution in [3.63, 3.8) is 0 Å². The number of aryl methyl sites for hydroxylation is 1. The Morgan fingerprint density at radius 3 is 2.92 bits per heavy atom. The molecule has 0 N–H and O–H groups in total. The predicted molar refractivity (Wildman–Crippen MR) is 63.8 cm³/mol. The number of hydrogen-bond donors (Lipinski definition) is 0. The molecule has 2 heteroatoms. The Kier molecular flexibility index (Phi) is 2.49. The van der Waals surface area contributed by atoms with Crippen molar-refractivity contribution in [3.05, 3.63) is 39.7 Å². The van der Waals surface area contributed by atoms with E-state index < -0.39 is 0 Å². The van der Waals surface area contributed by atoms with E-state index in [2.05, 4.69) is 52.7 Å². The third-order valence-electron chi connectivity index (χ3n) is 2.18. The molecule has 0 aliphatic rings. The molecule has 66 valence electrons. The van der Waals surface area contributed by atoms with Crippen LogP contribution >= 0.6 is 22.6 Å². The number of fused-ring (bicyclic) bond motifs is 1. The average Bonchev–Trinajstić information content (AvgIpc) is 2.18. The van der Waals surface area contributed by atoms with Crippen molar-refractivity contribution in [2.24, 2.45) is 0 Å². The van der Waals surface area contributed by atoms with Crippen molar-refractivity contribution in [3.8, 4) is 0 Å². The Hall–Kier alpha value is -0.640. The monoisotopic (exact) mass is 283 g/mol. The van der Waals surface area contributed by atoms with Crippen LogP contribution in [0.1, 0.15) is 12.5 Å². The molecule has 2 aromatic rings. The zero-order valence-electron chi connectivity index (χ0n) is 7.42. The molecule has 0 radical (unpaired) electrons. The predicted octanol–water partition coefficient (Wildman–Crippen LogP) is 3.40. The van der Waals surface area contributed by atoms with Crippen LogP contribution in [0.2, 0.25) is 0 Å². The first-order valence-corrected chi connectivity index (χ1v) is 5.41. The Morgan fingerprint density at radius 2 is 2.15 bits per heavy atom. The van der Waals surface area contributed by atoms with Crippen LogP contribution in [-0.2, 0) is 6.42 Å². The van der Waals surface area contributed by atoms with Gasteiger partial charge < -0.3 is 0 Å². The fraction of sp³-hybridized carbons (Fsp3) is 0.182. The van der Waals surface area contributed by atoms with E-state index in [1.165, 1.54) is 19.9 Å². The molecule has 0 saturated heterocycles. The molecule has 2 rings (SSSR count). The van der Waals surface area contributed by atoms with Crippen LogP contribution in [0.3, 0.4) is 0 Å². The van der Waals surface area contributed by atoms with Crippen molar-refractivity contribution >= 4 is 33.4 Å². The Bertz CT molecular complexity index is 437. The number of benzene rings is 1. The Morgan fingerprint density at radius 1 is 1.31 bits per heavy atom. The van der Waals surface area contributed by atoms with Gasteiger partial charge in [0.25, 0.3) is 0 Å². The minimum absolute atomic E-state index is 1.09. The van der Waals surface area contributed by atoms with Crippen molar-refractivity contribution < 1.29 is 0 Å². The molecule has 1 aromatic carbocycles. The number of nitrogens with zero attached hydrogens (tertiary/aromatic N) is 1. The molecule has 0 amide bonds. The van der Waals surface area contributed by atoms with Gasteiger partial charge in [-0.3, -0.25) is 4.98 Å². The van der Waals surface area contributed by atoms with Crippen LogP contribution < -0.4 is 0 Å². The molecule has 0 aliphatic carbocycles. The third-order valence-corrected chi connectivity index (χ3v) is 3.04. The molecule has 0 unspecified atom stereocenters. The summed E-state index contributed by atoms with van der Waals surface area (Å²) in [6, 6.07) is 6.56. The van der Waals surface area contributed by atoms with Gasteiger partial charge in [-0.1, -0.05) is 19.1 Å². The lowest BCUT2D eigenvalue weighted by atomic mass is 10.1. The number of pyridine rings is 1. The molecule has 0 saturated carbocycles. The zero-order valence-corrected chi connectivity index (χ0v) is 9.58. The second-order valence-electron chi connectivity index (χ2n) is 3.03. The second kappa shape index (κ2) is 3.62. The maximum absolute atomic E-state index is 4.16. The largest absolute Gasteiger partial charge is 0.263 e. The zero-order chi connectivity index (χ0) is 9.26. The summed E-state index contributed by atoms with van der Waals surface area (Å²) < 4.78 is 1.23. The summed E-state index contributed by atoms with van der Waals surface area (Å²) in [6.45, 7) is 2.18. The van der Waals surface area contributed by atoms with Crippen molar-refractivity contribution in [1.29, 1.82) is 0 Å². The van der Waals surface area contributed by atoms with E-state index >= 15 is 0 Å². The highest BCUT2D eigenvalue weighted by Crippen LogP contribution is 2.20. The SMILES string of the molecule is CCc1ccc2cncc(I)c2c1. The van der Waals surface area contributed by atoms with Gasteiger partial charge in [-0.25, -0.2) is 0 Å². The third kappa shape index (κ3) is 1.68. The van der Waals surface area contributed by atoms with Crippen LogP contribution in [0.5, 0.6) is 0 Å². The highest BCUT2D eigenvalue weighted by Gasteiger charge is 1.98. The van der Waals surface area contributed by atoms with Crippen LogP contribution in [0.4, 0.5) is 0 Å². The summed E-state index contributed by atoms with van der Waals surface area (Å²) in [4.78, 5) is 4.16. The molecular formula is C11H10IN. The lowest BCUT2D eigenvalue weighted by Gasteiger charge is -2.02. The standard InChI is InChI=1S/C11H10IN/c1-2-8-3-4-9-6-13-7-11(12)10(9)5-8/h3-7H,2H2,1H3. The smallest absolute Gasteiger partial charge is 0.0408 e. The van der Waals surface area contributed by atoms with E-state index in [0.29, 0.717) is 0 Å². The van der Waals surface area contributed by atoms with Gasteiger partial charge in [0.05, 0.1) is 0 Å². The first-order chi connectivity index (χ1) is 6.31. The van der Waals surface area contributed by atoms with E-state index in [1.54, 1.807) is 0 Å². The summed E-state index contributed by atoms with van der Waals surface area (Å²) in [5.41, 5.74) is 1.39. The maximum atomic E-state index is 4.16. The van der Waals surface area contributed by atoms with Gasteiger partial charge in [0.1, 0.15) is 0 Å². The van der Waals surface area contributed by atoms with Crippen LogP contribution in [0.15, 0.2) is 30.6 Å². The van der Waals surface area contributed by atoms with Gasteiger partial charge in [0.2, 0.25) is 0 Å². The first kappa shape index (κ1) is 8.94. The number of halogens is 1. The molecule has 13 heavy (non-hydrogen) atoms. The molecule has 0 fully saturated rings. The molecule has 0 aliphatic heterocycles.